The van der Waals surface area contributed by atoms with Gasteiger partial charge in [-0.05, 0) is 24.0 Å². The van der Waals surface area contributed by atoms with Crippen molar-refractivity contribution in [2.24, 2.45) is 5.92 Å². The Kier molecular flexibility index (Phi) is 4.64. The molecule has 0 saturated carbocycles. The molecule has 17 heavy (non-hydrogen) atoms. The molecule has 0 aliphatic carbocycles. The molecular weight excluding hydrogens is 212 g/mol. The van der Waals surface area contributed by atoms with Crippen molar-refractivity contribution >= 4 is 17.7 Å². The molecule has 0 spiro atoms. The maximum atomic E-state index is 10.8. The zero-order chi connectivity index (χ0) is 12.8. The van der Waals surface area contributed by atoms with Gasteiger partial charge in [-0.3, -0.25) is 4.79 Å². The molecule has 3 nitrogen and oxygen atoms in total. The topological polar surface area (TPSA) is 56.0 Å². The summed E-state index contributed by atoms with van der Waals surface area (Å²) in [6, 6.07) is 1.74. The van der Waals surface area contributed by atoms with Crippen LogP contribution in [0.1, 0.15) is 36.2 Å². The summed E-state index contributed by atoms with van der Waals surface area (Å²) in [6.07, 6.45) is 7.21. The third kappa shape index (κ3) is 3.55. The van der Waals surface area contributed by atoms with E-state index in [0.29, 0.717) is 11.5 Å². The molecular formula is C14H18N2O. The first-order chi connectivity index (χ1) is 8.08. The quantitative estimate of drug-likeness (QED) is 0.624. The Morgan fingerprint density at radius 1 is 1.59 bits per heavy atom. The molecule has 0 unspecified atom stereocenters. The van der Waals surface area contributed by atoms with Crippen LogP contribution in [-0.4, -0.2) is 11.3 Å². The van der Waals surface area contributed by atoms with E-state index in [2.05, 4.69) is 31.5 Å². The molecule has 0 fully saturated rings. The monoisotopic (exact) mass is 230 g/mol. The van der Waals surface area contributed by atoms with Crippen molar-refractivity contribution in [3.05, 3.63) is 42.1 Å². The summed E-state index contributed by atoms with van der Waals surface area (Å²) in [6.45, 7) is 8.07. The van der Waals surface area contributed by atoms with Gasteiger partial charge in [0.25, 0.3) is 0 Å². The Balaban J connectivity index is 3.08. The Bertz CT molecular complexity index is 448. The first kappa shape index (κ1) is 13.2. The van der Waals surface area contributed by atoms with Gasteiger partial charge in [0.2, 0.25) is 0 Å². The number of nitrogen functional groups attached to an aromatic ring is 1. The van der Waals surface area contributed by atoms with E-state index in [0.717, 1.165) is 23.8 Å². The summed E-state index contributed by atoms with van der Waals surface area (Å²) in [4.78, 5) is 14.8. The lowest BCUT2D eigenvalue weighted by molar-refractivity contribution is 0.112. The second-order valence-electron chi connectivity index (χ2n) is 4.31. The summed E-state index contributed by atoms with van der Waals surface area (Å²) in [5, 5.41) is 0. The number of aldehydes is 1. The average molecular weight is 230 g/mol. The smallest absolute Gasteiger partial charge is 0.153 e. The molecule has 0 atom stereocenters. The molecule has 0 amide bonds. The molecule has 90 valence electrons. The molecule has 0 aliphatic rings. The van der Waals surface area contributed by atoms with Crippen LogP contribution in [0.5, 0.6) is 0 Å². The van der Waals surface area contributed by atoms with Gasteiger partial charge in [0.15, 0.2) is 6.29 Å². The van der Waals surface area contributed by atoms with Gasteiger partial charge in [-0.1, -0.05) is 32.6 Å². The van der Waals surface area contributed by atoms with Crippen LogP contribution >= 0.6 is 0 Å². The maximum Gasteiger partial charge on any atom is 0.153 e. The van der Waals surface area contributed by atoms with E-state index >= 15 is 0 Å². The van der Waals surface area contributed by atoms with Crippen LogP contribution < -0.4 is 5.73 Å². The summed E-state index contributed by atoms with van der Waals surface area (Å²) < 4.78 is 0. The van der Waals surface area contributed by atoms with Crippen molar-refractivity contribution in [1.82, 2.24) is 4.98 Å². The van der Waals surface area contributed by atoms with Crippen LogP contribution in [0.15, 0.2) is 31.0 Å². The molecule has 1 aromatic heterocycles. The Morgan fingerprint density at radius 2 is 2.29 bits per heavy atom. The number of anilines is 1. The molecule has 0 radical (unpaired) electrons. The van der Waals surface area contributed by atoms with Gasteiger partial charge < -0.3 is 5.73 Å². The van der Waals surface area contributed by atoms with E-state index in [1.54, 1.807) is 18.3 Å². The lowest BCUT2D eigenvalue weighted by atomic mass is 10.0. The normalized spacial score (nSPS) is 11.6. The zero-order valence-electron chi connectivity index (χ0n) is 10.3. The predicted molar refractivity (Wildman–Crippen MR) is 71.7 cm³/mol. The summed E-state index contributed by atoms with van der Waals surface area (Å²) in [5.41, 5.74) is 7.85. The largest absolute Gasteiger partial charge is 0.383 e. The molecule has 0 bridgehead atoms. The van der Waals surface area contributed by atoms with E-state index in [9.17, 15) is 4.79 Å². The summed E-state index contributed by atoms with van der Waals surface area (Å²) >= 11 is 0. The van der Waals surface area contributed by atoms with Gasteiger partial charge in [0.1, 0.15) is 5.82 Å². The number of pyridine rings is 1. The number of carbonyl (C=O) groups excluding carboxylic acids is 1. The average Bonchev–Trinajstić information content (AvgIpc) is 2.31. The number of allylic oxidation sites excluding steroid dienone is 3. The predicted octanol–water partition coefficient (Wildman–Crippen LogP) is 3.09. The third-order valence-electron chi connectivity index (χ3n) is 2.44. The molecule has 2 N–H and O–H groups in total. The number of nitrogens with two attached hydrogens (primary N) is 1. The van der Waals surface area contributed by atoms with Gasteiger partial charge in [0.05, 0.1) is 5.56 Å². The molecule has 1 rings (SSSR count). The van der Waals surface area contributed by atoms with Crippen LogP contribution in [0.2, 0.25) is 0 Å². The minimum absolute atomic E-state index is 0.260. The minimum Gasteiger partial charge on any atom is -0.383 e. The standard InChI is InChI=1S/C14H18N2O/c1-4-11(6-5-10(2)3)12-7-13(9-17)14(15)16-8-12/h4,6-10H,1,5H2,2-3H3,(H2,15,16)/b11-6+. The van der Waals surface area contributed by atoms with Crippen molar-refractivity contribution in [2.75, 3.05) is 5.73 Å². The van der Waals surface area contributed by atoms with E-state index in [4.69, 9.17) is 5.73 Å². The van der Waals surface area contributed by atoms with Crippen molar-refractivity contribution in [1.29, 1.82) is 0 Å². The SMILES string of the molecule is C=C/C(=C\CC(C)C)c1cnc(N)c(C=O)c1. The molecule has 3 heteroatoms. The fourth-order valence-corrected chi connectivity index (χ4v) is 1.43. The summed E-state index contributed by atoms with van der Waals surface area (Å²) in [7, 11) is 0. The van der Waals surface area contributed by atoms with E-state index in [1.807, 2.05) is 0 Å². The fourth-order valence-electron chi connectivity index (χ4n) is 1.43. The first-order valence-corrected chi connectivity index (χ1v) is 5.62. The van der Waals surface area contributed by atoms with Crippen molar-refractivity contribution < 1.29 is 4.79 Å². The minimum atomic E-state index is 0.260. The fraction of sp³-hybridized carbons (Fsp3) is 0.286. The molecule has 0 aliphatic heterocycles. The molecule has 0 aromatic carbocycles. The van der Waals surface area contributed by atoms with Gasteiger partial charge in [-0.2, -0.15) is 0 Å². The second-order valence-corrected chi connectivity index (χ2v) is 4.31. The van der Waals surface area contributed by atoms with Crippen LogP contribution in [-0.2, 0) is 0 Å². The highest BCUT2D eigenvalue weighted by atomic mass is 16.1. The van der Waals surface area contributed by atoms with Crippen molar-refractivity contribution in [3.63, 3.8) is 0 Å². The lowest BCUT2D eigenvalue weighted by Gasteiger charge is -2.06. The highest BCUT2D eigenvalue weighted by Crippen LogP contribution is 2.19. The number of rotatable bonds is 5. The van der Waals surface area contributed by atoms with Gasteiger partial charge in [-0.15, -0.1) is 0 Å². The van der Waals surface area contributed by atoms with Crippen LogP contribution in [0.25, 0.3) is 5.57 Å². The lowest BCUT2D eigenvalue weighted by Crippen LogP contribution is -1.98. The molecule has 0 saturated heterocycles. The van der Waals surface area contributed by atoms with Crippen molar-refractivity contribution in [3.8, 4) is 0 Å². The zero-order valence-corrected chi connectivity index (χ0v) is 10.3. The third-order valence-corrected chi connectivity index (χ3v) is 2.44. The number of nitrogens with zero attached hydrogens (tertiary/aromatic N) is 1. The maximum absolute atomic E-state index is 10.8. The van der Waals surface area contributed by atoms with Crippen LogP contribution in [0.3, 0.4) is 0 Å². The number of hydrogen-bond acceptors (Lipinski definition) is 3. The Labute approximate surface area is 102 Å². The van der Waals surface area contributed by atoms with Gasteiger partial charge >= 0.3 is 0 Å². The second kappa shape index (κ2) is 5.99. The van der Waals surface area contributed by atoms with Crippen molar-refractivity contribution in [2.45, 2.75) is 20.3 Å². The van der Waals surface area contributed by atoms with Crippen LogP contribution in [0, 0.1) is 5.92 Å². The number of hydrogen-bond donors (Lipinski definition) is 1. The number of carbonyl (C=O) groups is 1. The Hall–Kier alpha value is -1.90. The Morgan fingerprint density at radius 3 is 2.82 bits per heavy atom. The molecule has 1 heterocycles. The highest BCUT2D eigenvalue weighted by molar-refractivity contribution is 5.85. The van der Waals surface area contributed by atoms with Gasteiger partial charge in [-0.25, -0.2) is 4.98 Å². The molecule has 1 aromatic rings. The summed E-state index contributed by atoms with van der Waals surface area (Å²) in [5.74, 6) is 0.841. The van der Waals surface area contributed by atoms with Gasteiger partial charge in [0, 0.05) is 11.8 Å². The van der Waals surface area contributed by atoms with Crippen LogP contribution in [0.4, 0.5) is 5.82 Å². The van der Waals surface area contributed by atoms with E-state index in [1.165, 1.54) is 0 Å². The number of aromatic nitrogens is 1. The van der Waals surface area contributed by atoms with E-state index in [-0.39, 0.29) is 5.82 Å². The van der Waals surface area contributed by atoms with E-state index < -0.39 is 0 Å². The first-order valence-electron chi connectivity index (χ1n) is 5.62. The highest BCUT2D eigenvalue weighted by Gasteiger charge is 2.04.